The molecule has 0 saturated carbocycles. The molecular formula is C23H17N5O4. The summed E-state index contributed by atoms with van der Waals surface area (Å²) in [5.41, 5.74) is 2.36. The smallest absolute Gasteiger partial charge is 0.244 e. The SMILES string of the molecule is Cc1ccc(CN2C(=O)C3(Cn4nnnc4-c4cc5c(cc43)OCO5)c3ccccc32)o1. The standard InChI is InChI=1S/C23H17N5O4/c1-13-6-7-14(32-13)10-27-18-5-3-2-4-16(18)23(22(27)29)11-28-21(24-25-26-28)15-8-19-20(9-17(15)23)31-12-30-19/h2-9H,10-12H2,1H3. The molecule has 158 valence electrons. The molecule has 0 saturated heterocycles. The van der Waals surface area contributed by atoms with Gasteiger partial charge in [-0.2, -0.15) is 0 Å². The van der Waals surface area contributed by atoms with Gasteiger partial charge in [0.25, 0.3) is 0 Å². The fourth-order valence-electron chi connectivity index (χ4n) is 5.11. The van der Waals surface area contributed by atoms with Crippen LogP contribution in [0.15, 0.2) is 52.9 Å². The highest BCUT2D eigenvalue weighted by molar-refractivity contribution is 6.11. The number of rotatable bonds is 2. The number of tetrazole rings is 1. The van der Waals surface area contributed by atoms with Crippen LogP contribution in [0.25, 0.3) is 11.4 Å². The molecule has 9 nitrogen and oxygen atoms in total. The highest BCUT2D eigenvalue weighted by Crippen LogP contribution is 2.54. The molecule has 1 spiro atoms. The van der Waals surface area contributed by atoms with Crippen molar-refractivity contribution in [3.63, 3.8) is 0 Å². The second kappa shape index (κ2) is 5.97. The zero-order valence-corrected chi connectivity index (χ0v) is 17.1. The lowest BCUT2D eigenvalue weighted by molar-refractivity contribution is -0.122. The molecule has 0 N–H and O–H groups in total. The minimum atomic E-state index is -0.989. The summed E-state index contributed by atoms with van der Waals surface area (Å²) < 4.78 is 18.7. The number of carbonyl (C=O) groups excluding carboxylic acids is 1. The Labute approximate surface area is 182 Å². The van der Waals surface area contributed by atoms with Gasteiger partial charge in [-0.1, -0.05) is 18.2 Å². The molecule has 0 fully saturated rings. The van der Waals surface area contributed by atoms with E-state index < -0.39 is 5.41 Å². The van der Waals surface area contributed by atoms with Crippen molar-refractivity contribution < 1.29 is 18.7 Å². The lowest BCUT2D eigenvalue weighted by Crippen LogP contribution is -2.46. The molecule has 3 aliphatic heterocycles. The molecule has 5 heterocycles. The van der Waals surface area contributed by atoms with E-state index >= 15 is 0 Å². The number of anilines is 1. The van der Waals surface area contributed by atoms with Crippen molar-refractivity contribution in [3.05, 3.63) is 71.2 Å². The first-order chi connectivity index (χ1) is 15.6. The number of amides is 1. The van der Waals surface area contributed by atoms with Crippen LogP contribution in [0.5, 0.6) is 11.5 Å². The number of ether oxygens (including phenoxy) is 2. The highest BCUT2D eigenvalue weighted by Gasteiger charge is 2.56. The lowest BCUT2D eigenvalue weighted by atomic mass is 9.71. The van der Waals surface area contributed by atoms with Gasteiger partial charge in [0.1, 0.15) is 16.9 Å². The van der Waals surface area contributed by atoms with E-state index in [0.29, 0.717) is 30.4 Å². The molecule has 1 atom stereocenters. The van der Waals surface area contributed by atoms with Crippen molar-refractivity contribution in [2.45, 2.75) is 25.4 Å². The number of hydrogen-bond acceptors (Lipinski definition) is 7. The number of furan rings is 1. The Kier molecular flexibility index (Phi) is 3.27. The number of aromatic nitrogens is 4. The van der Waals surface area contributed by atoms with Crippen LogP contribution < -0.4 is 14.4 Å². The molecule has 3 aliphatic rings. The summed E-state index contributed by atoms with van der Waals surface area (Å²) >= 11 is 0. The van der Waals surface area contributed by atoms with Crippen molar-refractivity contribution in [3.8, 4) is 22.9 Å². The predicted octanol–water partition coefficient (Wildman–Crippen LogP) is 2.82. The molecular weight excluding hydrogens is 410 g/mol. The molecule has 0 radical (unpaired) electrons. The van der Waals surface area contributed by atoms with Crippen molar-refractivity contribution in [2.75, 3.05) is 11.7 Å². The monoisotopic (exact) mass is 427 g/mol. The van der Waals surface area contributed by atoms with Crippen LogP contribution in [0.3, 0.4) is 0 Å². The molecule has 1 amide bonds. The number of benzene rings is 2. The van der Waals surface area contributed by atoms with Crippen LogP contribution in [0.2, 0.25) is 0 Å². The third-order valence-electron chi connectivity index (χ3n) is 6.51. The molecule has 2 aromatic carbocycles. The first kappa shape index (κ1) is 17.5. The van der Waals surface area contributed by atoms with E-state index in [0.717, 1.165) is 33.9 Å². The maximum Gasteiger partial charge on any atom is 0.244 e. The topological polar surface area (TPSA) is 95.5 Å². The Balaban J connectivity index is 1.48. The summed E-state index contributed by atoms with van der Waals surface area (Å²) in [6, 6.07) is 15.5. The Morgan fingerprint density at radius 3 is 2.75 bits per heavy atom. The maximum atomic E-state index is 14.3. The van der Waals surface area contributed by atoms with Crippen molar-refractivity contribution in [2.24, 2.45) is 0 Å². The Morgan fingerprint density at radius 2 is 1.91 bits per heavy atom. The summed E-state index contributed by atoms with van der Waals surface area (Å²) in [6.07, 6.45) is 0. The van der Waals surface area contributed by atoms with Crippen LogP contribution in [0.1, 0.15) is 22.6 Å². The number of fused-ring (bicyclic) bond motifs is 7. The largest absolute Gasteiger partial charge is 0.464 e. The van der Waals surface area contributed by atoms with Gasteiger partial charge in [0.2, 0.25) is 12.7 Å². The first-order valence-electron chi connectivity index (χ1n) is 10.3. The Bertz CT molecular complexity index is 1420. The van der Waals surface area contributed by atoms with Gasteiger partial charge in [0.15, 0.2) is 17.3 Å². The molecule has 4 aromatic rings. The second-order valence-corrected chi connectivity index (χ2v) is 8.24. The van der Waals surface area contributed by atoms with E-state index in [2.05, 4.69) is 15.5 Å². The van der Waals surface area contributed by atoms with Gasteiger partial charge >= 0.3 is 0 Å². The molecule has 9 heteroatoms. The summed E-state index contributed by atoms with van der Waals surface area (Å²) in [5.74, 6) is 3.34. The number of nitrogens with zero attached hydrogens (tertiary/aromatic N) is 5. The molecule has 7 rings (SSSR count). The van der Waals surface area contributed by atoms with Gasteiger partial charge < -0.3 is 18.8 Å². The Hall–Kier alpha value is -4.14. The van der Waals surface area contributed by atoms with Crippen LogP contribution in [0, 0.1) is 6.92 Å². The molecule has 0 aliphatic carbocycles. The van der Waals surface area contributed by atoms with Gasteiger partial charge in [0.05, 0.1) is 13.1 Å². The average Bonchev–Trinajstić information content (AvgIpc) is 3.58. The first-order valence-corrected chi connectivity index (χ1v) is 10.3. The number of hydrogen-bond donors (Lipinski definition) is 0. The third-order valence-corrected chi connectivity index (χ3v) is 6.51. The van der Waals surface area contributed by atoms with Crippen LogP contribution in [-0.2, 0) is 23.3 Å². The van der Waals surface area contributed by atoms with Gasteiger partial charge in [-0.3, -0.25) is 4.79 Å². The molecule has 0 bridgehead atoms. The summed E-state index contributed by atoms with van der Waals surface area (Å²) in [6.45, 7) is 2.67. The van der Waals surface area contributed by atoms with Crippen LogP contribution in [0.4, 0.5) is 5.69 Å². The number of aryl methyl sites for hydroxylation is 1. The van der Waals surface area contributed by atoms with Crippen molar-refractivity contribution in [1.29, 1.82) is 0 Å². The third kappa shape index (κ3) is 2.12. The van der Waals surface area contributed by atoms with Gasteiger partial charge in [-0.25, -0.2) is 4.68 Å². The number of para-hydroxylation sites is 1. The fourth-order valence-corrected chi connectivity index (χ4v) is 5.11. The minimum absolute atomic E-state index is 0.0472. The van der Waals surface area contributed by atoms with E-state index in [-0.39, 0.29) is 12.7 Å². The zero-order chi connectivity index (χ0) is 21.4. The normalized spacial score (nSPS) is 19.9. The highest BCUT2D eigenvalue weighted by atomic mass is 16.7. The van der Waals surface area contributed by atoms with E-state index in [4.69, 9.17) is 13.9 Å². The average molecular weight is 427 g/mol. The predicted molar refractivity (Wildman–Crippen MR) is 111 cm³/mol. The molecule has 1 unspecified atom stereocenters. The Morgan fingerprint density at radius 1 is 1.06 bits per heavy atom. The minimum Gasteiger partial charge on any atom is -0.464 e. The second-order valence-electron chi connectivity index (χ2n) is 8.24. The molecule has 2 aromatic heterocycles. The zero-order valence-electron chi connectivity index (χ0n) is 17.1. The van der Waals surface area contributed by atoms with Gasteiger partial charge in [-0.05, 0) is 58.8 Å². The summed E-state index contributed by atoms with van der Waals surface area (Å²) in [7, 11) is 0. The summed E-state index contributed by atoms with van der Waals surface area (Å²) in [5, 5.41) is 12.3. The van der Waals surface area contributed by atoms with Gasteiger partial charge in [0, 0.05) is 11.3 Å². The molecule has 32 heavy (non-hydrogen) atoms. The maximum absolute atomic E-state index is 14.3. The lowest BCUT2D eigenvalue weighted by Gasteiger charge is -2.34. The van der Waals surface area contributed by atoms with E-state index in [1.54, 1.807) is 9.58 Å². The van der Waals surface area contributed by atoms with E-state index in [1.165, 1.54) is 0 Å². The van der Waals surface area contributed by atoms with Crippen LogP contribution >= 0.6 is 0 Å². The van der Waals surface area contributed by atoms with Crippen molar-refractivity contribution >= 4 is 11.6 Å². The fraction of sp³-hybridized carbons (Fsp3) is 0.217. The van der Waals surface area contributed by atoms with Crippen LogP contribution in [-0.4, -0.2) is 32.9 Å². The summed E-state index contributed by atoms with van der Waals surface area (Å²) in [4.78, 5) is 16.1. The van der Waals surface area contributed by atoms with E-state index in [1.807, 2.05) is 55.5 Å². The number of carbonyl (C=O) groups is 1. The van der Waals surface area contributed by atoms with E-state index in [9.17, 15) is 4.79 Å². The van der Waals surface area contributed by atoms with Gasteiger partial charge in [-0.15, -0.1) is 5.10 Å². The van der Waals surface area contributed by atoms with Crippen molar-refractivity contribution in [1.82, 2.24) is 20.2 Å². The quantitative estimate of drug-likeness (QED) is 0.485.